The van der Waals surface area contributed by atoms with Gasteiger partial charge in [-0.25, -0.2) is 14.6 Å². The lowest BCUT2D eigenvalue weighted by Gasteiger charge is -2.21. The number of likely N-dealkylation sites (tertiary alicyclic amines) is 1. The number of nitrogens with zero attached hydrogens (tertiary/aromatic N) is 2. The Balaban J connectivity index is 1.53. The molecule has 1 atom stereocenters. The number of aryl methyl sites for hydroxylation is 1. The molecule has 1 aliphatic rings. The third kappa shape index (κ3) is 5.81. The fourth-order valence-electron chi connectivity index (χ4n) is 3.43. The fraction of sp³-hybridized carbons (Fsp3) is 0.273. The predicted molar refractivity (Wildman–Crippen MR) is 114 cm³/mol. The van der Waals surface area contributed by atoms with Gasteiger partial charge in [-0.1, -0.05) is 12.1 Å². The van der Waals surface area contributed by atoms with Crippen molar-refractivity contribution in [2.45, 2.75) is 31.7 Å². The van der Waals surface area contributed by atoms with Crippen molar-refractivity contribution in [3.05, 3.63) is 59.7 Å². The van der Waals surface area contributed by atoms with Crippen LogP contribution in [0.25, 0.3) is 0 Å². The number of aliphatic carboxylic acids is 1. The summed E-state index contributed by atoms with van der Waals surface area (Å²) in [6, 6.07) is 12.5. The van der Waals surface area contributed by atoms with Crippen molar-refractivity contribution in [2.75, 3.05) is 6.54 Å². The van der Waals surface area contributed by atoms with Crippen LogP contribution in [0.2, 0.25) is 0 Å². The van der Waals surface area contributed by atoms with Crippen molar-refractivity contribution in [1.29, 1.82) is 0 Å². The van der Waals surface area contributed by atoms with E-state index in [9.17, 15) is 19.5 Å². The van der Waals surface area contributed by atoms with Gasteiger partial charge >= 0.3 is 11.9 Å². The lowest BCUT2D eigenvalue weighted by molar-refractivity contribution is -0.148. The summed E-state index contributed by atoms with van der Waals surface area (Å²) in [5, 5.41) is 9.20. The molecule has 1 fully saturated rings. The number of esters is 1. The van der Waals surface area contributed by atoms with E-state index in [4.69, 9.17) is 16.2 Å². The number of aliphatic imine (C=N–C) groups is 1. The molecule has 1 amide bonds. The van der Waals surface area contributed by atoms with Crippen molar-refractivity contribution < 1.29 is 24.2 Å². The van der Waals surface area contributed by atoms with E-state index in [2.05, 4.69) is 4.99 Å². The van der Waals surface area contributed by atoms with Gasteiger partial charge < -0.3 is 26.2 Å². The second-order valence-electron chi connectivity index (χ2n) is 7.20. The summed E-state index contributed by atoms with van der Waals surface area (Å²) in [6.07, 6.45) is 1.91. The second kappa shape index (κ2) is 9.75. The Bertz CT molecular complexity index is 982. The van der Waals surface area contributed by atoms with E-state index >= 15 is 0 Å². The average molecular weight is 424 g/mol. The largest absolute Gasteiger partial charge is 0.480 e. The van der Waals surface area contributed by atoms with Crippen LogP contribution >= 0.6 is 0 Å². The molecule has 5 N–H and O–H groups in total. The van der Waals surface area contributed by atoms with Gasteiger partial charge in [-0.3, -0.25) is 4.79 Å². The molecule has 9 nitrogen and oxygen atoms in total. The van der Waals surface area contributed by atoms with Crippen molar-refractivity contribution in [2.24, 2.45) is 16.5 Å². The van der Waals surface area contributed by atoms with Gasteiger partial charge in [-0.2, -0.15) is 0 Å². The van der Waals surface area contributed by atoms with Crippen LogP contribution in [-0.2, 0) is 16.0 Å². The predicted octanol–water partition coefficient (Wildman–Crippen LogP) is 1.82. The van der Waals surface area contributed by atoms with Gasteiger partial charge in [-0.15, -0.1) is 0 Å². The summed E-state index contributed by atoms with van der Waals surface area (Å²) in [5.74, 6) is -1.33. The Morgan fingerprint density at radius 1 is 1.06 bits per heavy atom. The van der Waals surface area contributed by atoms with Crippen LogP contribution in [0.5, 0.6) is 5.75 Å². The molecule has 0 bridgehead atoms. The first-order valence-corrected chi connectivity index (χ1v) is 9.86. The number of carbonyl (C=O) groups is 3. The molecule has 2 aromatic rings. The Kier molecular flexibility index (Phi) is 6.86. The molecule has 9 heteroatoms. The monoisotopic (exact) mass is 424 g/mol. The molecule has 0 saturated carbocycles. The van der Waals surface area contributed by atoms with E-state index in [-0.39, 0.29) is 18.3 Å². The number of carboxylic acids is 1. The number of hydrogen-bond acceptors (Lipinski definition) is 5. The molecule has 0 radical (unpaired) electrons. The van der Waals surface area contributed by atoms with Crippen LogP contribution in [0, 0.1) is 0 Å². The molecule has 0 aliphatic carbocycles. The summed E-state index contributed by atoms with van der Waals surface area (Å²) in [6.45, 7) is 0.484. The number of nitrogens with two attached hydrogens (primary N) is 2. The van der Waals surface area contributed by atoms with E-state index in [1.165, 1.54) is 4.90 Å². The number of amides is 1. The van der Waals surface area contributed by atoms with Gasteiger partial charge in [0, 0.05) is 13.0 Å². The first kappa shape index (κ1) is 21.8. The minimum absolute atomic E-state index is 0.0701. The first-order chi connectivity index (χ1) is 14.8. The Labute approximate surface area is 179 Å². The van der Waals surface area contributed by atoms with Crippen molar-refractivity contribution in [3.63, 3.8) is 0 Å². The molecule has 1 saturated heterocycles. The van der Waals surface area contributed by atoms with Crippen LogP contribution in [0.3, 0.4) is 0 Å². The van der Waals surface area contributed by atoms with Gasteiger partial charge in [-0.05, 0) is 61.2 Å². The molecule has 162 valence electrons. The number of ether oxygens (including phenoxy) is 1. The third-order valence-electron chi connectivity index (χ3n) is 4.98. The Morgan fingerprint density at radius 2 is 1.74 bits per heavy atom. The summed E-state index contributed by atoms with van der Waals surface area (Å²) >= 11 is 0. The number of guanidine groups is 1. The minimum Gasteiger partial charge on any atom is -0.480 e. The van der Waals surface area contributed by atoms with E-state index in [1.54, 1.807) is 48.5 Å². The zero-order valence-electron chi connectivity index (χ0n) is 16.9. The highest BCUT2D eigenvalue weighted by Crippen LogP contribution is 2.20. The number of rotatable bonds is 7. The van der Waals surface area contributed by atoms with Gasteiger partial charge in [0.1, 0.15) is 11.8 Å². The smallest absolute Gasteiger partial charge is 0.343 e. The fourth-order valence-corrected chi connectivity index (χ4v) is 3.43. The molecular formula is C22H24N4O5. The molecule has 1 heterocycles. The van der Waals surface area contributed by atoms with Crippen LogP contribution in [0.1, 0.15) is 35.2 Å². The average Bonchev–Trinajstić information content (AvgIpc) is 3.23. The quantitative estimate of drug-likeness (QED) is 0.266. The molecule has 2 aromatic carbocycles. The molecule has 0 unspecified atom stereocenters. The number of carbonyl (C=O) groups excluding carboxylic acids is 2. The van der Waals surface area contributed by atoms with Crippen LogP contribution in [0.15, 0.2) is 53.5 Å². The van der Waals surface area contributed by atoms with Crippen molar-refractivity contribution >= 4 is 29.5 Å². The topological polar surface area (TPSA) is 148 Å². The molecule has 31 heavy (non-hydrogen) atoms. The lowest BCUT2D eigenvalue weighted by atomic mass is 10.1. The van der Waals surface area contributed by atoms with Gasteiger partial charge in [0.25, 0.3) is 0 Å². The van der Waals surface area contributed by atoms with Crippen LogP contribution in [-0.4, -0.2) is 46.4 Å². The van der Waals surface area contributed by atoms with Crippen molar-refractivity contribution in [1.82, 2.24) is 4.90 Å². The SMILES string of the molecule is NC(N)=Nc1ccc(C(=O)Oc2ccc(CCC(=O)N3CCC[C@H]3C(=O)O)cc2)cc1. The summed E-state index contributed by atoms with van der Waals surface area (Å²) in [4.78, 5) is 41.2. The Hall–Kier alpha value is -3.88. The van der Waals surface area contributed by atoms with Gasteiger partial charge in [0.2, 0.25) is 5.91 Å². The summed E-state index contributed by atoms with van der Waals surface area (Å²) in [5.41, 5.74) is 12.4. The highest BCUT2D eigenvalue weighted by atomic mass is 16.5. The number of benzene rings is 2. The zero-order valence-corrected chi connectivity index (χ0v) is 16.9. The molecule has 0 spiro atoms. The highest BCUT2D eigenvalue weighted by Gasteiger charge is 2.33. The van der Waals surface area contributed by atoms with Gasteiger partial charge in [0.15, 0.2) is 5.96 Å². The Morgan fingerprint density at radius 3 is 2.35 bits per heavy atom. The van der Waals surface area contributed by atoms with Gasteiger partial charge in [0.05, 0.1) is 11.3 Å². The second-order valence-corrected chi connectivity index (χ2v) is 7.20. The van der Waals surface area contributed by atoms with E-state index in [0.29, 0.717) is 42.8 Å². The lowest BCUT2D eigenvalue weighted by Crippen LogP contribution is -2.40. The van der Waals surface area contributed by atoms with E-state index < -0.39 is 18.0 Å². The molecule has 0 aromatic heterocycles. The number of hydrogen-bond donors (Lipinski definition) is 3. The summed E-state index contributed by atoms with van der Waals surface area (Å²) < 4.78 is 5.36. The molecule has 3 rings (SSSR count). The third-order valence-corrected chi connectivity index (χ3v) is 4.98. The van der Waals surface area contributed by atoms with Crippen LogP contribution in [0.4, 0.5) is 5.69 Å². The standard InChI is InChI=1S/C22H24N4O5/c23-22(24)25-16-8-6-15(7-9-16)21(30)31-17-10-3-14(4-11-17)5-12-19(27)26-13-1-2-18(26)20(28)29/h3-4,6-11,18H,1-2,5,12-13H2,(H,28,29)(H4,23,24,25)/t18-/m0/s1. The molecular weight excluding hydrogens is 400 g/mol. The van der Waals surface area contributed by atoms with Crippen molar-refractivity contribution in [3.8, 4) is 5.75 Å². The number of carboxylic acid groups (broad SMARTS) is 1. The summed E-state index contributed by atoms with van der Waals surface area (Å²) in [7, 11) is 0. The first-order valence-electron chi connectivity index (χ1n) is 9.86. The maximum Gasteiger partial charge on any atom is 0.343 e. The minimum atomic E-state index is -0.956. The molecule has 1 aliphatic heterocycles. The van der Waals surface area contributed by atoms with Crippen LogP contribution < -0.4 is 16.2 Å². The maximum atomic E-state index is 12.4. The normalized spacial score (nSPS) is 15.4. The highest BCUT2D eigenvalue weighted by molar-refractivity contribution is 5.91. The van der Waals surface area contributed by atoms with E-state index in [0.717, 1.165) is 5.56 Å². The zero-order chi connectivity index (χ0) is 22.4. The maximum absolute atomic E-state index is 12.4. The van der Waals surface area contributed by atoms with E-state index in [1.807, 2.05) is 0 Å².